The molecular weight excluding hydrogens is 477 g/mol. The van der Waals surface area contributed by atoms with Gasteiger partial charge in [-0.2, -0.15) is 0 Å². The van der Waals surface area contributed by atoms with E-state index in [1.165, 1.54) is 12.1 Å². The van der Waals surface area contributed by atoms with Crippen LogP contribution in [0.15, 0.2) is 66.7 Å². The van der Waals surface area contributed by atoms with Crippen molar-refractivity contribution in [2.75, 3.05) is 49.6 Å². The number of hydrogen-bond acceptors (Lipinski definition) is 5. The van der Waals surface area contributed by atoms with Gasteiger partial charge in [-0.05, 0) is 67.9 Å². The molecule has 8 heteroatoms. The van der Waals surface area contributed by atoms with E-state index in [1.54, 1.807) is 18.2 Å². The molecule has 3 aromatic rings. The van der Waals surface area contributed by atoms with Crippen LogP contribution in [0.25, 0.3) is 0 Å². The van der Waals surface area contributed by atoms with Crippen LogP contribution in [0, 0.1) is 12.7 Å². The summed E-state index contributed by atoms with van der Waals surface area (Å²) in [5, 5.41) is 2.87. The molecule has 1 saturated heterocycles. The summed E-state index contributed by atoms with van der Waals surface area (Å²) >= 11 is 5.79. The molecular formula is C28H30FN3O3S. The number of para-hydroxylation sites is 1. The number of thiocarbonyl (C=S) groups is 1. The van der Waals surface area contributed by atoms with E-state index < -0.39 is 0 Å². The molecule has 6 nitrogen and oxygen atoms in total. The van der Waals surface area contributed by atoms with Gasteiger partial charge in [0, 0.05) is 43.1 Å². The maximum Gasteiger partial charge on any atom is 0.262 e. The highest BCUT2D eigenvalue weighted by Gasteiger charge is 2.21. The maximum atomic E-state index is 13.2. The van der Waals surface area contributed by atoms with Gasteiger partial charge < -0.3 is 24.6 Å². The van der Waals surface area contributed by atoms with Crippen LogP contribution in [0.1, 0.15) is 18.1 Å². The first-order valence-corrected chi connectivity index (χ1v) is 12.4. The maximum absolute atomic E-state index is 13.2. The summed E-state index contributed by atoms with van der Waals surface area (Å²) in [4.78, 5) is 17.5. The van der Waals surface area contributed by atoms with Gasteiger partial charge in [0.25, 0.3) is 5.91 Å². The third-order valence-corrected chi connectivity index (χ3v) is 6.52. The number of rotatable bonds is 8. The van der Waals surface area contributed by atoms with Gasteiger partial charge in [-0.15, -0.1) is 0 Å². The molecule has 0 saturated carbocycles. The van der Waals surface area contributed by atoms with Crippen LogP contribution in [-0.2, 0) is 4.79 Å². The van der Waals surface area contributed by atoms with Crippen molar-refractivity contribution < 1.29 is 18.7 Å². The van der Waals surface area contributed by atoms with Gasteiger partial charge in [0.05, 0.1) is 6.61 Å². The van der Waals surface area contributed by atoms with Gasteiger partial charge in [0.15, 0.2) is 18.1 Å². The summed E-state index contributed by atoms with van der Waals surface area (Å²) in [6.07, 6.45) is 0. The molecule has 36 heavy (non-hydrogen) atoms. The lowest BCUT2D eigenvalue weighted by molar-refractivity contribution is -0.118. The molecule has 0 bridgehead atoms. The van der Waals surface area contributed by atoms with Gasteiger partial charge in [-0.3, -0.25) is 4.79 Å². The molecule has 0 atom stereocenters. The van der Waals surface area contributed by atoms with Crippen molar-refractivity contribution in [3.05, 3.63) is 83.7 Å². The van der Waals surface area contributed by atoms with Crippen molar-refractivity contribution >= 4 is 34.5 Å². The average Bonchev–Trinajstić information content (AvgIpc) is 2.89. The second kappa shape index (κ2) is 11.9. The summed E-state index contributed by atoms with van der Waals surface area (Å²) in [7, 11) is 0. The molecule has 1 N–H and O–H groups in total. The Bertz CT molecular complexity index is 1210. The molecule has 0 spiro atoms. The number of nitrogens with one attached hydrogen (secondary N) is 1. The fourth-order valence-electron chi connectivity index (χ4n) is 4.07. The molecule has 0 radical (unpaired) electrons. The van der Waals surface area contributed by atoms with Crippen LogP contribution < -0.4 is 19.7 Å². The van der Waals surface area contributed by atoms with Crippen LogP contribution >= 0.6 is 12.2 Å². The number of piperazine rings is 1. The van der Waals surface area contributed by atoms with E-state index in [0.29, 0.717) is 18.1 Å². The number of hydrogen-bond donors (Lipinski definition) is 1. The minimum Gasteiger partial charge on any atom is -0.490 e. The summed E-state index contributed by atoms with van der Waals surface area (Å²) < 4.78 is 24.8. The highest BCUT2D eigenvalue weighted by Crippen LogP contribution is 2.30. The fraction of sp³-hybridized carbons (Fsp3) is 0.286. The number of carbonyl (C=O) groups excluding carboxylic acids is 1. The molecule has 4 rings (SSSR count). The van der Waals surface area contributed by atoms with Crippen molar-refractivity contribution in [2.24, 2.45) is 0 Å². The number of amides is 1. The molecule has 1 aliphatic heterocycles. The second-order valence-electron chi connectivity index (χ2n) is 8.50. The molecule has 1 aliphatic rings. The van der Waals surface area contributed by atoms with Gasteiger partial charge >= 0.3 is 0 Å². The largest absolute Gasteiger partial charge is 0.490 e. The van der Waals surface area contributed by atoms with Gasteiger partial charge in [0.1, 0.15) is 10.8 Å². The van der Waals surface area contributed by atoms with Crippen molar-refractivity contribution in [3.8, 4) is 11.5 Å². The number of halogens is 1. The first kappa shape index (κ1) is 25.4. The number of aryl methyl sites for hydroxylation is 1. The van der Waals surface area contributed by atoms with E-state index in [4.69, 9.17) is 21.7 Å². The smallest absolute Gasteiger partial charge is 0.262 e. The van der Waals surface area contributed by atoms with Gasteiger partial charge in [-0.25, -0.2) is 4.39 Å². The van der Waals surface area contributed by atoms with E-state index in [9.17, 15) is 9.18 Å². The third kappa shape index (κ3) is 6.31. The Balaban J connectivity index is 1.37. The molecule has 3 aromatic carbocycles. The number of anilines is 2. The van der Waals surface area contributed by atoms with E-state index in [1.807, 2.05) is 50.2 Å². The monoisotopic (exact) mass is 507 g/mol. The number of nitrogens with zero attached hydrogens (tertiary/aromatic N) is 2. The number of benzene rings is 3. The van der Waals surface area contributed by atoms with Crippen molar-refractivity contribution in [2.45, 2.75) is 13.8 Å². The average molecular weight is 508 g/mol. The minimum atomic E-state index is -0.245. The normalized spacial score (nSPS) is 13.3. The topological polar surface area (TPSA) is 54.0 Å². The van der Waals surface area contributed by atoms with Crippen LogP contribution in [0.4, 0.5) is 15.8 Å². The van der Waals surface area contributed by atoms with Gasteiger partial charge in [0.2, 0.25) is 0 Å². The van der Waals surface area contributed by atoms with Crippen LogP contribution in [0.3, 0.4) is 0 Å². The summed E-state index contributed by atoms with van der Waals surface area (Å²) in [5.41, 5.74) is 3.61. The molecule has 188 valence electrons. The summed E-state index contributed by atoms with van der Waals surface area (Å²) in [6.45, 7) is 7.27. The zero-order chi connectivity index (χ0) is 25.5. The molecule has 1 fully saturated rings. The first-order valence-electron chi connectivity index (χ1n) is 12.0. The molecule has 0 unspecified atom stereocenters. The van der Waals surface area contributed by atoms with Crippen LogP contribution in [0.2, 0.25) is 0 Å². The lowest BCUT2D eigenvalue weighted by Gasteiger charge is -2.37. The Morgan fingerprint density at radius 1 is 0.972 bits per heavy atom. The predicted octanol–water partition coefficient (Wildman–Crippen LogP) is 5.05. The van der Waals surface area contributed by atoms with E-state index in [-0.39, 0.29) is 18.3 Å². The lowest BCUT2D eigenvalue weighted by atomic mass is 10.1. The third-order valence-electron chi connectivity index (χ3n) is 6.03. The fourth-order valence-corrected chi connectivity index (χ4v) is 4.38. The lowest BCUT2D eigenvalue weighted by Crippen LogP contribution is -2.48. The first-order chi connectivity index (χ1) is 17.4. The van der Waals surface area contributed by atoms with Gasteiger partial charge in [-0.1, -0.05) is 30.4 Å². The minimum absolute atomic E-state index is 0.135. The quantitative estimate of drug-likeness (QED) is 0.431. The predicted molar refractivity (Wildman–Crippen MR) is 145 cm³/mol. The van der Waals surface area contributed by atoms with Crippen molar-refractivity contribution in [1.82, 2.24) is 4.90 Å². The summed E-state index contributed by atoms with van der Waals surface area (Å²) in [6, 6.07) is 19.7. The Morgan fingerprint density at radius 2 is 1.69 bits per heavy atom. The summed E-state index contributed by atoms with van der Waals surface area (Å²) in [5.74, 6) is 0.559. The Labute approximate surface area is 216 Å². The van der Waals surface area contributed by atoms with Crippen molar-refractivity contribution in [3.63, 3.8) is 0 Å². The zero-order valence-electron chi connectivity index (χ0n) is 20.5. The molecule has 0 aromatic heterocycles. The zero-order valence-corrected chi connectivity index (χ0v) is 21.3. The van der Waals surface area contributed by atoms with Crippen LogP contribution in [-0.4, -0.2) is 55.2 Å². The standard InChI is InChI=1S/C28H30FN3O3S/c1-3-34-26-18-21(8-13-25(26)35-19-27(33)30-24-7-5-4-6-20(24)2)28(36)32-16-14-31(15-17-32)23-11-9-22(29)10-12-23/h4-13,18H,3,14-17,19H2,1-2H3,(H,30,33). The van der Waals surface area contributed by atoms with Crippen molar-refractivity contribution in [1.29, 1.82) is 0 Å². The highest BCUT2D eigenvalue weighted by atomic mass is 32.1. The van der Waals surface area contributed by atoms with E-state index in [2.05, 4.69) is 15.1 Å². The molecule has 1 heterocycles. The molecule has 1 amide bonds. The van der Waals surface area contributed by atoms with E-state index in [0.717, 1.165) is 53.7 Å². The Hall–Kier alpha value is -3.65. The number of ether oxygens (including phenoxy) is 2. The highest BCUT2D eigenvalue weighted by molar-refractivity contribution is 7.80. The second-order valence-corrected chi connectivity index (χ2v) is 8.89. The Kier molecular flexibility index (Phi) is 8.38. The Morgan fingerprint density at radius 3 is 2.39 bits per heavy atom. The number of carbonyl (C=O) groups is 1. The molecule has 0 aliphatic carbocycles. The van der Waals surface area contributed by atoms with E-state index >= 15 is 0 Å². The SMILES string of the molecule is CCOc1cc(C(=S)N2CCN(c3ccc(F)cc3)CC2)ccc1OCC(=O)Nc1ccccc1C. The van der Waals surface area contributed by atoms with Crippen LogP contribution in [0.5, 0.6) is 11.5 Å².